The lowest BCUT2D eigenvalue weighted by atomic mass is 10.1. The number of esters is 1. The highest BCUT2D eigenvalue weighted by Gasteiger charge is 2.40. The van der Waals surface area contributed by atoms with Crippen LogP contribution in [0.2, 0.25) is 0 Å². The highest BCUT2D eigenvalue weighted by molar-refractivity contribution is 7.77. The van der Waals surface area contributed by atoms with Crippen molar-refractivity contribution < 1.29 is 14.1 Å². The van der Waals surface area contributed by atoms with E-state index in [1.165, 1.54) is 7.11 Å². The van der Waals surface area contributed by atoms with Crippen molar-refractivity contribution in [2.75, 3.05) is 7.11 Å². The minimum Gasteiger partial charge on any atom is -0.466 e. The van der Waals surface area contributed by atoms with E-state index in [4.69, 9.17) is 4.74 Å². The van der Waals surface area contributed by atoms with Crippen LogP contribution in [0.4, 0.5) is 0 Å². The molecule has 1 fully saturated rings. The van der Waals surface area contributed by atoms with Crippen molar-refractivity contribution in [2.45, 2.75) is 18.9 Å². The van der Waals surface area contributed by atoms with Gasteiger partial charge in [0.05, 0.1) is 7.11 Å². The van der Waals surface area contributed by atoms with Crippen LogP contribution in [0.25, 0.3) is 0 Å². The zero-order chi connectivity index (χ0) is 17.9. The number of nitrogens with one attached hydrogen (secondary N) is 1. The Labute approximate surface area is 148 Å². The van der Waals surface area contributed by atoms with Crippen molar-refractivity contribution in [1.29, 1.82) is 0 Å². The molecule has 0 aliphatic heterocycles. The summed E-state index contributed by atoms with van der Waals surface area (Å²) < 4.78 is 18.9. The fourth-order valence-electron chi connectivity index (χ4n) is 2.93. The summed E-state index contributed by atoms with van der Waals surface area (Å²) in [6.07, 6.45) is 1.97. The summed E-state index contributed by atoms with van der Waals surface area (Å²) >= 11 is 0. The Bertz CT molecular complexity index is 757. The molecule has 1 saturated carbocycles. The van der Waals surface area contributed by atoms with E-state index in [0.717, 1.165) is 12.8 Å². The van der Waals surface area contributed by atoms with Gasteiger partial charge < -0.3 is 4.74 Å². The summed E-state index contributed by atoms with van der Waals surface area (Å²) in [5.74, 6) is -0.204. The van der Waals surface area contributed by atoms with Gasteiger partial charge in [-0.3, -0.25) is 9.65 Å². The molecule has 0 aromatic heterocycles. The third-order valence-corrected chi connectivity index (χ3v) is 7.17. The molecule has 0 bridgehead atoms. The van der Waals surface area contributed by atoms with E-state index in [2.05, 4.69) is 11.7 Å². The molecule has 1 aliphatic rings. The van der Waals surface area contributed by atoms with Crippen LogP contribution in [-0.4, -0.2) is 19.1 Å². The predicted molar refractivity (Wildman–Crippen MR) is 101 cm³/mol. The van der Waals surface area contributed by atoms with Gasteiger partial charge in [0.15, 0.2) is 0 Å². The van der Waals surface area contributed by atoms with Crippen LogP contribution in [0, 0.1) is 5.92 Å². The summed E-state index contributed by atoms with van der Waals surface area (Å²) in [7, 11) is -1.78. The molecule has 1 N–H and O–H groups in total. The Balaban J connectivity index is 2.02. The first kappa shape index (κ1) is 17.7. The topological polar surface area (TPSA) is 55.4 Å². The number of benzene rings is 2. The first-order chi connectivity index (χ1) is 12.1. The Hall–Kier alpha value is -2.16. The highest BCUT2D eigenvalue weighted by Crippen LogP contribution is 2.45. The van der Waals surface area contributed by atoms with Crippen LogP contribution in [-0.2, 0) is 14.1 Å². The molecular weight excluding hydrogens is 333 g/mol. The molecule has 2 aromatic carbocycles. The lowest BCUT2D eigenvalue weighted by molar-refractivity contribution is -0.136. The van der Waals surface area contributed by atoms with Crippen LogP contribution < -0.4 is 15.7 Å². The summed E-state index contributed by atoms with van der Waals surface area (Å²) in [5.41, 5.74) is 0.331. The van der Waals surface area contributed by atoms with Crippen LogP contribution in [0.5, 0.6) is 0 Å². The van der Waals surface area contributed by atoms with Gasteiger partial charge in [0.1, 0.15) is 0 Å². The maximum absolute atomic E-state index is 14.1. The molecule has 3 rings (SSSR count). The van der Waals surface area contributed by atoms with Crippen molar-refractivity contribution >= 4 is 23.9 Å². The molecule has 1 atom stereocenters. The SMILES string of the molecule is C=C(C(=O)OC)[C@H](NP(=O)(c1ccccc1)c1ccccc1)C1CC1. The van der Waals surface area contributed by atoms with E-state index in [0.29, 0.717) is 16.2 Å². The molecule has 2 aromatic rings. The molecule has 0 saturated heterocycles. The summed E-state index contributed by atoms with van der Waals surface area (Å²) in [6, 6.07) is 18.3. The molecule has 4 nitrogen and oxygen atoms in total. The Kier molecular flexibility index (Phi) is 5.22. The average Bonchev–Trinajstić information content (AvgIpc) is 3.51. The number of methoxy groups -OCH3 is 1. The Morgan fingerprint density at radius 1 is 1.08 bits per heavy atom. The second-order valence-electron chi connectivity index (χ2n) is 6.24. The van der Waals surface area contributed by atoms with E-state index < -0.39 is 13.3 Å². The molecule has 0 radical (unpaired) electrons. The standard InChI is InChI=1S/C20H22NO3P/c1-15(20(22)24-2)19(16-13-14-16)21-25(23,17-9-5-3-6-10-17)18-11-7-4-8-12-18/h3-12,16,19H,1,13-14H2,2H3,(H,21,23)/t19-/m0/s1. The fraction of sp³-hybridized carbons (Fsp3) is 0.250. The lowest BCUT2D eigenvalue weighted by Gasteiger charge is -2.27. The van der Waals surface area contributed by atoms with Crippen LogP contribution in [0.15, 0.2) is 72.8 Å². The second kappa shape index (κ2) is 7.38. The smallest absolute Gasteiger partial charge is 0.334 e. The molecule has 130 valence electrons. The molecule has 5 heteroatoms. The highest BCUT2D eigenvalue weighted by atomic mass is 31.2. The number of carbonyl (C=O) groups excluding carboxylic acids is 1. The zero-order valence-electron chi connectivity index (χ0n) is 14.2. The summed E-state index contributed by atoms with van der Waals surface area (Å²) in [5, 5.41) is 4.72. The number of carbonyl (C=O) groups is 1. The van der Waals surface area contributed by atoms with E-state index in [1.807, 2.05) is 60.7 Å². The summed E-state index contributed by atoms with van der Waals surface area (Å²) in [6.45, 7) is 3.90. The second-order valence-corrected chi connectivity index (χ2v) is 8.75. The van der Waals surface area contributed by atoms with E-state index in [9.17, 15) is 9.36 Å². The van der Waals surface area contributed by atoms with Crippen LogP contribution in [0.1, 0.15) is 12.8 Å². The Morgan fingerprint density at radius 2 is 1.56 bits per heavy atom. The van der Waals surface area contributed by atoms with Gasteiger partial charge >= 0.3 is 5.97 Å². The van der Waals surface area contributed by atoms with Gasteiger partial charge in [-0.05, 0) is 43.0 Å². The molecule has 0 spiro atoms. The van der Waals surface area contributed by atoms with E-state index in [-0.39, 0.29) is 12.0 Å². The molecule has 0 unspecified atom stereocenters. The lowest BCUT2D eigenvalue weighted by Crippen LogP contribution is -2.39. The fourth-order valence-corrected chi connectivity index (χ4v) is 5.46. The number of ether oxygens (including phenoxy) is 1. The van der Waals surface area contributed by atoms with Gasteiger partial charge in [-0.2, -0.15) is 0 Å². The number of rotatable bonds is 7. The first-order valence-corrected chi connectivity index (χ1v) is 10.0. The van der Waals surface area contributed by atoms with Gasteiger partial charge in [0.2, 0.25) is 7.29 Å². The first-order valence-electron chi connectivity index (χ1n) is 8.32. The zero-order valence-corrected chi connectivity index (χ0v) is 15.1. The van der Waals surface area contributed by atoms with Gasteiger partial charge in [0, 0.05) is 22.2 Å². The van der Waals surface area contributed by atoms with Gasteiger partial charge in [-0.15, -0.1) is 0 Å². The van der Waals surface area contributed by atoms with E-state index in [1.54, 1.807) is 0 Å². The van der Waals surface area contributed by atoms with Crippen molar-refractivity contribution in [3.8, 4) is 0 Å². The van der Waals surface area contributed by atoms with Gasteiger partial charge in [0.25, 0.3) is 0 Å². The van der Waals surface area contributed by atoms with Crippen LogP contribution >= 0.6 is 7.29 Å². The van der Waals surface area contributed by atoms with Gasteiger partial charge in [-0.1, -0.05) is 43.0 Å². The molecular formula is C20H22NO3P. The molecule has 1 aliphatic carbocycles. The minimum absolute atomic E-state index is 0.257. The molecule has 25 heavy (non-hydrogen) atoms. The quantitative estimate of drug-likeness (QED) is 0.471. The predicted octanol–water partition coefficient (Wildman–Crippen LogP) is 3.01. The third kappa shape index (κ3) is 3.76. The normalized spacial score (nSPS) is 15.4. The number of hydrogen-bond acceptors (Lipinski definition) is 3. The van der Waals surface area contributed by atoms with Crippen LogP contribution in [0.3, 0.4) is 0 Å². The third-order valence-electron chi connectivity index (χ3n) is 4.48. The number of hydrogen-bond donors (Lipinski definition) is 1. The van der Waals surface area contributed by atoms with Crippen molar-refractivity contribution in [3.63, 3.8) is 0 Å². The average molecular weight is 355 g/mol. The molecule has 0 amide bonds. The van der Waals surface area contributed by atoms with Crippen molar-refractivity contribution in [2.24, 2.45) is 5.92 Å². The summed E-state index contributed by atoms with van der Waals surface area (Å²) in [4.78, 5) is 12.0. The largest absolute Gasteiger partial charge is 0.466 e. The van der Waals surface area contributed by atoms with Crippen molar-refractivity contribution in [1.82, 2.24) is 5.09 Å². The minimum atomic E-state index is -3.12. The van der Waals surface area contributed by atoms with E-state index >= 15 is 0 Å². The maximum atomic E-state index is 14.1. The maximum Gasteiger partial charge on any atom is 0.334 e. The van der Waals surface area contributed by atoms with Crippen molar-refractivity contribution in [3.05, 3.63) is 72.8 Å². The Morgan fingerprint density at radius 3 is 1.96 bits per heavy atom. The van der Waals surface area contributed by atoms with Gasteiger partial charge in [-0.25, -0.2) is 4.79 Å². The molecule has 0 heterocycles. The monoisotopic (exact) mass is 355 g/mol.